The zero-order valence-electron chi connectivity index (χ0n) is 14.0. The molecule has 0 spiro atoms. The van der Waals surface area contributed by atoms with Gasteiger partial charge in [0.2, 0.25) is 0 Å². The third-order valence-corrected chi connectivity index (χ3v) is 3.70. The third kappa shape index (κ3) is 3.68. The van der Waals surface area contributed by atoms with Crippen LogP contribution in [0.15, 0.2) is 53.3 Å². The summed E-state index contributed by atoms with van der Waals surface area (Å²) in [4.78, 5) is 31.4. The molecule has 1 aromatic heterocycles. The molecular formula is C19H18N2O4. The summed E-state index contributed by atoms with van der Waals surface area (Å²) in [7, 11) is 0. The molecule has 0 bridgehead atoms. The Balaban J connectivity index is 1.78. The number of aromatic nitrogens is 2. The second-order valence-corrected chi connectivity index (χ2v) is 5.47. The Morgan fingerprint density at radius 2 is 1.88 bits per heavy atom. The highest BCUT2D eigenvalue weighted by atomic mass is 16.5. The Morgan fingerprint density at radius 3 is 2.60 bits per heavy atom. The number of ether oxygens (including phenoxy) is 2. The minimum atomic E-state index is -0.684. The average molecular weight is 338 g/mol. The van der Waals surface area contributed by atoms with Gasteiger partial charge in [-0.3, -0.25) is 4.79 Å². The van der Waals surface area contributed by atoms with Gasteiger partial charge in [-0.05, 0) is 50.2 Å². The molecule has 2 aromatic carbocycles. The summed E-state index contributed by atoms with van der Waals surface area (Å²) in [5, 5.41) is 0.497. The van der Waals surface area contributed by atoms with Crippen LogP contribution in [0.4, 0.5) is 0 Å². The van der Waals surface area contributed by atoms with E-state index in [9.17, 15) is 9.59 Å². The number of aromatic amines is 1. The maximum absolute atomic E-state index is 12.3. The van der Waals surface area contributed by atoms with E-state index in [2.05, 4.69) is 9.97 Å². The molecule has 1 heterocycles. The number of carbonyl (C=O) groups excluding carboxylic acids is 1. The summed E-state index contributed by atoms with van der Waals surface area (Å²) < 4.78 is 10.8. The molecule has 25 heavy (non-hydrogen) atoms. The number of nitrogens with zero attached hydrogens (tertiary/aromatic N) is 1. The van der Waals surface area contributed by atoms with Crippen molar-refractivity contribution in [3.05, 3.63) is 70.3 Å². The SMILES string of the molecule is CCOc1ccc(C(=O)O[C@H](C)c2nc3ccccc3c(=O)[nH]2)cc1. The second kappa shape index (κ2) is 7.17. The van der Waals surface area contributed by atoms with Gasteiger partial charge in [0, 0.05) is 0 Å². The molecule has 0 aliphatic heterocycles. The van der Waals surface area contributed by atoms with Crippen LogP contribution >= 0.6 is 0 Å². The highest BCUT2D eigenvalue weighted by Gasteiger charge is 2.17. The lowest BCUT2D eigenvalue weighted by Crippen LogP contribution is -2.17. The summed E-state index contributed by atoms with van der Waals surface area (Å²) in [6.45, 7) is 4.11. The van der Waals surface area contributed by atoms with Crippen molar-refractivity contribution in [3.8, 4) is 5.75 Å². The number of esters is 1. The molecule has 0 saturated carbocycles. The van der Waals surface area contributed by atoms with Crippen molar-refractivity contribution < 1.29 is 14.3 Å². The predicted octanol–water partition coefficient (Wildman–Crippen LogP) is 3.24. The number of para-hydroxylation sites is 1. The van der Waals surface area contributed by atoms with Gasteiger partial charge in [0.25, 0.3) is 5.56 Å². The molecule has 0 unspecified atom stereocenters. The number of nitrogens with one attached hydrogen (secondary N) is 1. The molecular weight excluding hydrogens is 320 g/mol. The second-order valence-electron chi connectivity index (χ2n) is 5.47. The van der Waals surface area contributed by atoms with E-state index in [0.717, 1.165) is 0 Å². The van der Waals surface area contributed by atoms with Gasteiger partial charge >= 0.3 is 5.97 Å². The first-order valence-corrected chi connectivity index (χ1v) is 8.01. The lowest BCUT2D eigenvalue weighted by Gasteiger charge is -2.13. The van der Waals surface area contributed by atoms with E-state index >= 15 is 0 Å². The van der Waals surface area contributed by atoms with Gasteiger partial charge in [0.15, 0.2) is 11.9 Å². The average Bonchev–Trinajstić information content (AvgIpc) is 2.62. The number of rotatable bonds is 5. The number of hydrogen-bond acceptors (Lipinski definition) is 5. The van der Waals surface area contributed by atoms with Crippen LogP contribution in [0.2, 0.25) is 0 Å². The van der Waals surface area contributed by atoms with Gasteiger partial charge in [0.1, 0.15) is 5.75 Å². The number of H-pyrrole nitrogens is 1. The zero-order valence-corrected chi connectivity index (χ0v) is 14.0. The summed E-state index contributed by atoms with van der Waals surface area (Å²) in [5.74, 6) is 0.502. The van der Waals surface area contributed by atoms with Crippen molar-refractivity contribution in [2.45, 2.75) is 20.0 Å². The van der Waals surface area contributed by atoms with Crippen molar-refractivity contribution >= 4 is 16.9 Å². The molecule has 1 atom stereocenters. The lowest BCUT2D eigenvalue weighted by molar-refractivity contribution is 0.0320. The van der Waals surface area contributed by atoms with Gasteiger partial charge in [0.05, 0.1) is 23.1 Å². The Morgan fingerprint density at radius 1 is 1.16 bits per heavy atom. The largest absolute Gasteiger partial charge is 0.494 e. The summed E-state index contributed by atoms with van der Waals surface area (Å²) in [6, 6.07) is 13.7. The Labute approximate surface area is 144 Å². The van der Waals surface area contributed by atoms with Crippen LogP contribution in [0.5, 0.6) is 5.75 Å². The molecule has 0 amide bonds. The minimum absolute atomic E-state index is 0.260. The van der Waals surface area contributed by atoms with Crippen LogP contribution < -0.4 is 10.3 Å². The van der Waals surface area contributed by atoms with Gasteiger partial charge in [-0.25, -0.2) is 9.78 Å². The zero-order chi connectivity index (χ0) is 17.8. The van der Waals surface area contributed by atoms with Crippen LogP contribution in [-0.4, -0.2) is 22.5 Å². The lowest BCUT2D eigenvalue weighted by atomic mass is 10.2. The Bertz CT molecular complexity index is 948. The Hall–Kier alpha value is -3.15. The summed E-state index contributed by atoms with van der Waals surface area (Å²) in [6.07, 6.45) is -0.684. The van der Waals surface area contributed by atoms with Crippen LogP contribution in [0.1, 0.15) is 36.1 Å². The molecule has 0 radical (unpaired) electrons. The van der Waals surface area contributed by atoms with Crippen LogP contribution in [0.3, 0.4) is 0 Å². The van der Waals surface area contributed by atoms with E-state index < -0.39 is 12.1 Å². The van der Waals surface area contributed by atoms with E-state index in [4.69, 9.17) is 9.47 Å². The monoisotopic (exact) mass is 338 g/mol. The van der Waals surface area contributed by atoms with Crippen molar-refractivity contribution in [2.24, 2.45) is 0 Å². The first-order valence-electron chi connectivity index (χ1n) is 8.01. The molecule has 0 saturated heterocycles. The molecule has 0 aliphatic carbocycles. The molecule has 1 N–H and O–H groups in total. The standard InChI is InChI=1S/C19H18N2O4/c1-3-24-14-10-8-13(9-11-14)19(23)25-12(2)17-20-16-7-5-4-6-15(16)18(22)21-17/h4-12H,3H2,1-2H3,(H,20,21,22)/t12-/m1/s1. The molecule has 6 heteroatoms. The minimum Gasteiger partial charge on any atom is -0.494 e. The normalized spacial score (nSPS) is 11.9. The van der Waals surface area contributed by atoms with E-state index in [1.807, 2.05) is 6.92 Å². The van der Waals surface area contributed by atoms with E-state index in [0.29, 0.717) is 34.6 Å². The number of carbonyl (C=O) groups is 1. The molecule has 3 rings (SSSR count). The van der Waals surface area contributed by atoms with Crippen molar-refractivity contribution in [1.29, 1.82) is 0 Å². The van der Waals surface area contributed by atoms with Crippen LogP contribution in [0.25, 0.3) is 10.9 Å². The Kier molecular flexibility index (Phi) is 4.79. The maximum atomic E-state index is 12.3. The van der Waals surface area contributed by atoms with Gasteiger partial charge in [-0.1, -0.05) is 12.1 Å². The van der Waals surface area contributed by atoms with Crippen molar-refractivity contribution in [3.63, 3.8) is 0 Å². The van der Waals surface area contributed by atoms with Crippen molar-refractivity contribution in [2.75, 3.05) is 6.61 Å². The maximum Gasteiger partial charge on any atom is 0.338 e. The van der Waals surface area contributed by atoms with Crippen LogP contribution in [0, 0.1) is 0 Å². The fourth-order valence-electron chi connectivity index (χ4n) is 2.44. The molecule has 6 nitrogen and oxygen atoms in total. The quantitative estimate of drug-likeness (QED) is 0.722. The predicted molar refractivity (Wildman–Crippen MR) is 93.8 cm³/mol. The fourth-order valence-corrected chi connectivity index (χ4v) is 2.44. The molecule has 3 aromatic rings. The highest BCUT2D eigenvalue weighted by Crippen LogP contribution is 2.18. The van der Waals surface area contributed by atoms with E-state index in [-0.39, 0.29) is 5.56 Å². The van der Waals surface area contributed by atoms with Gasteiger partial charge < -0.3 is 14.5 Å². The number of hydrogen-bond donors (Lipinski definition) is 1. The summed E-state index contributed by atoms with van der Waals surface area (Å²) in [5.41, 5.74) is 0.702. The van der Waals surface area contributed by atoms with E-state index in [1.54, 1.807) is 55.5 Å². The fraction of sp³-hybridized carbons (Fsp3) is 0.211. The summed E-state index contributed by atoms with van der Waals surface area (Å²) >= 11 is 0. The van der Waals surface area contributed by atoms with E-state index in [1.165, 1.54) is 0 Å². The molecule has 128 valence electrons. The van der Waals surface area contributed by atoms with Gasteiger partial charge in [-0.15, -0.1) is 0 Å². The van der Waals surface area contributed by atoms with Gasteiger partial charge in [-0.2, -0.15) is 0 Å². The topological polar surface area (TPSA) is 81.3 Å². The molecule has 0 aliphatic rings. The van der Waals surface area contributed by atoms with Crippen molar-refractivity contribution in [1.82, 2.24) is 9.97 Å². The first-order chi connectivity index (χ1) is 12.1. The number of benzene rings is 2. The smallest absolute Gasteiger partial charge is 0.338 e. The molecule has 0 fully saturated rings. The first kappa shape index (κ1) is 16.7. The highest BCUT2D eigenvalue weighted by molar-refractivity contribution is 5.89. The van der Waals surface area contributed by atoms with Crippen LogP contribution in [-0.2, 0) is 4.74 Å². The third-order valence-electron chi connectivity index (χ3n) is 3.70. The number of fused-ring (bicyclic) bond motifs is 1.